The van der Waals surface area contributed by atoms with Crippen molar-refractivity contribution in [3.8, 4) is 0 Å². The Labute approximate surface area is 81.2 Å². The molecule has 0 spiro atoms. The summed E-state index contributed by atoms with van der Waals surface area (Å²) < 4.78 is 0. The molecule has 0 N–H and O–H groups in total. The fourth-order valence-corrected chi connectivity index (χ4v) is 2.24. The Morgan fingerprint density at radius 2 is 2.00 bits per heavy atom. The molecule has 13 heavy (non-hydrogen) atoms. The lowest BCUT2D eigenvalue weighted by atomic mass is 9.68. The van der Waals surface area contributed by atoms with Crippen molar-refractivity contribution < 1.29 is 4.79 Å². The van der Waals surface area contributed by atoms with Crippen LogP contribution in [0.15, 0.2) is 11.1 Å². The number of rotatable bonds is 2. The van der Waals surface area contributed by atoms with E-state index >= 15 is 0 Å². The summed E-state index contributed by atoms with van der Waals surface area (Å²) in [5, 5.41) is 0. The minimum absolute atomic E-state index is 0.0242. The average Bonchev–Trinajstić information content (AvgIpc) is 2.09. The van der Waals surface area contributed by atoms with Gasteiger partial charge in [-0.3, -0.25) is 4.79 Å². The maximum atomic E-state index is 11.6. The Bertz CT molecular complexity index is 250. The molecule has 0 radical (unpaired) electrons. The molecule has 1 atom stereocenters. The number of allylic oxidation sites excluding steroid dienone is 2. The Kier molecular flexibility index (Phi) is 2.94. The zero-order chi connectivity index (χ0) is 10.1. The number of hydrogen-bond acceptors (Lipinski definition) is 1. The lowest BCUT2D eigenvalue weighted by molar-refractivity contribution is -0.127. The molecule has 0 heterocycles. The molecule has 0 saturated carbocycles. The van der Waals surface area contributed by atoms with Gasteiger partial charge in [-0.1, -0.05) is 18.1 Å². The van der Waals surface area contributed by atoms with Crippen molar-refractivity contribution in [2.24, 2.45) is 5.41 Å². The monoisotopic (exact) mass is 180 g/mol. The van der Waals surface area contributed by atoms with Crippen LogP contribution in [0.5, 0.6) is 0 Å². The minimum atomic E-state index is -0.0242. The fourth-order valence-electron chi connectivity index (χ4n) is 2.24. The van der Waals surface area contributed by atoms with Crippen molar-refractivity contribution in [2.75, 3.05) is 0 Å². The predicted octanol–water partition coefficient (Wildman–Crippen LogP) is 3.49. The molecule has 0 aromatic heterocycles. The van der Waals surface area contributed by atoms with Crippen LogP contribution in [0.25, 0.3) is 0 Å². The fraction of sp³-hybridized carbons (Fsp3) is 0.750. The molecular weight excluding hydrogens is 160 g/mol. The van der Waals surface area contributed by atoms with E-state index in [0.717, 1.165) is 25.7 Å². The van der Waals surface area contributed by atoms with Crippen LogP contribution in [0, 0.1) is 5.41 Å². The summed E-state index contributed by atoms with van der Waals surface area (Å²) in [6.07, 6.45) is 4.15. The summed E-state index contributed by atoms with van der Waals surface area (Å²) in [6, 6.07) is 0. The molecule has 0 aliphatic heterocycles. The number of hydrogen-bond donors (Lipinski definition) is 0. The summed E-state index contributed by atoms with van der Waals surface area (Å²) in [6.45, 7) is 8.24. The first-order chi connectivity index (χ1) is 6.02. The van der Waals surface area contributed by atoms with E-state index in [0.29, 0.717) is 5.78 Å². The lowest BCUT2D eigenvalue weighted by Gasteiger charge is -2.35. The molecule has 0 bridgehead atoms. The standard InChI is InChI=1S/C12H20O/c1-5-12(11(4)13)7-6-9(2)10(3)8-12/h5-8H2,1-4H3. The average molecular weight is 180 g/mol. The first-order valence-electron chi connectivity index (χ1n) is 5.18. The van der Waals surface area contributed by atoms with Crippen molar-refractivity contribution >= 4 is 5.78 Å². The maximum absolute atomic E-state index is 11.6. The zero-order valence-electron chi connectivity index (χ0n) is 9.24. The quantitative estimate of drug-likeness (QED) is 0.594. The normalized spacial score (nSPS) is 29.2. The SMILES string of the molecule is CCC1(C(C)=O)CCC(C)=C(C)C1. The number of Topliss-reactive ketones (excluding diaryl/α,β-unsaturated/α-hetero) is 1. The molecule has 1 unspecified atom stereocenters. The van der Waals surface area contributed by atoms with E-state index < -0.39 is 0 Å². The summed E-state index contributed by atoms with van der Waals surface area (Å²) in [7, 11) is 0. The molecule has 1 heteroatoms. The molecule has 0 aromatic rings. The molecule has 74 valence electrons. The van der Waals surface area contributed by atoms with Crippen LogP contribution in [0.4, 0.5) is 0 Å². The smallest absolute Gasteiger partial charge is 0.136 e. The number of ketones is 1. The zero-order valence-corrected chi connectivity index (χ0v) is 9.24. The van der Waals surface area contributed by atoms with E-state index in [1.807, 2.05) is 0 Å². The Morgan fingerprint density at radius 3 is 2.38 bits per heavy atom. The minimum Gasteiger partial charge on any atom is -0.299 e. The second-order valence-corrected chi connectivity index (χ2v) is 4.43. The van der Waals surface area contributed by atoms with Crippen molar-refractivity contribution in [1.29, 1.82) is 0 Å². The van der Waals surface area contributed by atoms with E-state index in [1.165, 1.54) is 11.1 Å². The van der Waals surface area contributed by atoms with Gasteiger partial charge in [-0.15, -0.1) is 0 Å². The highest BCUT2D eigenvalue weighted by Crippen LogP contribution is 2.42. The van der Waals surface area contributed by atoms with Gasteiger partial charge in [0, 0.05) is 5.41 Å². The second kappa shape index (κ2) is 3.65. The van der Waals surface area contributed by atoms with Gasteiger partial charge >= 0.3 is 0 Å². The molecule has 1 nitrogen and oxygen atoms in total. The molecular formula is C12H20O. The second-order valence-electron chi connectivity index (χ2n) is 4.43. The van der Waals surface area contributed by atoms with Gasteiger partial charge in [0.1, 0.15) is 5.78 Å². The van der Waals surface area contributed by atoms with Gasteiger partial charge in [0.25, 0.3) is 0 Å². The Hall–Kier alpha value is -0.590. The summed E-state index contributed by atoms with van der Waals surface area (Å²) in [4.78, 5) is 11.6. The maximum Gasteiger partial charge on any atom is 0.136 e. The highest BCUT2D eigenvalue weighted by atomic mass is 16.1. The molecule has 1 aliphatic rings. The van der Waals surface area contributed by atoms with Crippen molar-refractivity contribution in [3.63, 3.8) is 0 Å². The molecule has 0 saturated heterocycles. The first kappa shape index (κ1) is 10.5. The largest absolute Gasteiger partial charge is 0.299 e. The highest BCUT2D eigenvalue weighted by molar-refractivity contribution is 5.82. The third-order valence-electron chi connectivity index (χ3n) is 3.73. The van der Waals surface area contributed by atoms with Crippen LogP contribution in [0.3, 0.4) is 0 Å². The number of carbonyl (C=O) groups excluding carboxylic acids is 1. The molecule has 0 amide bonds. The van der Waals surface area contributed by atoms with Crippen LogP contribution in [-0.2, 0) is 4.79 Å². The molecule has 0 aromatic carbocycles. The summed E-state index contributed by atoms with van der Waals surface area (Å²) >= 11 is 0. The van der Waals surface area contributed by atoms with Crippen molar-refractivity contribution in [1.82, 2.24) is 0 Å². The molecule has 1 rings (SSSR count). The predicted molar refractivity (Wildman–Crippen MR) is 55.6 cm³/mol. The van der Waals surface area contributed by atoms with Crippen LogP contribution < -0.4 is 0 Å². The van der Waals surface area contributed by atoms with E-state index in [9.17, 15) is 4.79 Å². The van der Waals surface area contributed by atoms with Gasteiger partial charge in [0.15, 0.2) is 0 Å². The van der Waals surface area contributed by atoms with E-state index in [1.54, 1.807) is 6.92 Å². The van der Waals surface area contributed by atoms with Gasteiger partial charge in [-0.25, -0.2) is 0 Å². The summed E-state index contributed by atoms with van der Waals surface area (Å²) in [5.41, 5.74) is 2.90. The third-order valence-corrected chi connectivity index (χ3v) is 3.73. The van der Waals surface area contributed by atoms with Gasteiger partial charge in [0.05, 0.1) is 0 Å². The number of carbonyl (C=O) groups is 1. The van der Waals surface area contributed by atoms with Gasteiger partial charge < -0.3 is 0 Å². The third kappa shape index (κ3) is 1.84. The van der Waals surface area contributed by atoms with E-state index in [4.69, 9.17) is 0 Å². The summed E-state index contributed by atoms with van der Waals surface area (Å²) in [5.74, 6) is 0.377. The highest BCUT2D eigenvalue weighted by Gasteiger charge is 2.35. The Balaban J connectivity index is 2.90. The van der Waals surface area contributed by atoms with Gasteiger partial charge in [-0.2, -0.15) is 0 Å². The van der Waals surface area contributed by atoms with Crippen molar-refractivity contribution in [3.05, 3.63) is 11.1 Å². The molecule has 1 aliphatic carbocycles. The van der Waals surface area contributed by atoms with Crippen LogP contribution in [0.1, 0.15) is 53.4 Å². The van der Waals surface area contributed by atoms with Crippen LogP contribution >= 0.6 is 0 Å². The Morgan fingerprint density at radius 1 is 1.38 bits per heavy atom. The topological polar surface area (TPSA) is 17.1 Å². The van der Waals surface area contributed by atoms with Crippen LogP contribution in [-0.4, -0.2) is 5.78 Å². The van der Waals surface area contributed by atoms with Crippen molar-refractivity contribution in [2.45, 2.75) is 53.4 Å². The van der Waals surface area contributed by atoms with Gasteiger partial charge in [0.2, 0.25) is 0 Å². The molecule has 0 fully saturated rings. The first-order valence-corrected chi connectivity index (χ1v) is 5.18. The van der Waals surface area contributed by atoms with Gasteiger partial charge in [-0.05, 0) is 46.5 Å². The lowest BCUT2D eigenvalue weighted by Crippen LogP contribution is -2.31. The van der Waals surface area contributed by atoms with Crippen LogP contribution in [0.2, 0.25) is 0 Å². The van der Waals surface area contributed by atoms with E-state index in [-0.39, 0.29) is 5.41 Å². The van der Waals surface area contributed by atoms with E-state index in [2.05, 4.69) is 20.8 Å².